The highest BCUT2D eigenvalue weighted by Gasteiger charge is 2.21. The normalized spacial score (nSPS) is 13.3. The van der Waals surface area contributed by atoms with Crippen molar-refractivity contribution in [1.82, 2.24) is 9.55 Å². The van der Waals surface area contributed by atoms with Gasteiger partial charge in [-0.3, -0.25) is 14.2 Å². The molecular formula is C21H23N3O2S. The average molecular weight is 382 g/mol. The monoisotopic (exact) mass is 381 g/mol. The van der Waals surface area contributed by atoms with Crippen LogP contribution in [0.2, 0.25) is 0 Å². The number of aromatic nitrogens is 2. The lowest BCUT2D eigenvalue weighted by atomic mass is 10.2. The fourth-order valence-corrected chi connectivity index (χ4v) is 3.77. The van der Waals surface area contributed by atoms with E-state index in [2.05, 4.69) is 10.3 Å². The first-order chi connectivity index (χ1) is 13.0. The Morgan fingerprint density at radius 3 is 2.48 bits per heavy atom. The van der Waals surface area contributed by atoms with Gasteiger partial charge < -0.3 is 5.32 Å². The maximum atomic E-state index is 13.0. The summed E-state index contributed by atoms with van der Waals surface area (Å²) in [6, 6.07) is 16.7. The minimum atomic E-state index is -0.395. The molecule has 6 heteroatoms. The van der Waals surface area contributed by atoms with Gasteiger partial charge in [0.05, 0.1) is 16.2 Å². The number of anilines is 1. The van der Waals surface area contributed by atoms with Crippen LogP contribution in [0.25, 0.3) is 10.9 Å². The summed E-state index contributed by atoms with van der Waals surface area (Å²) in [5.41, 5.74) is 1.34. The number of benzene rings is 2. The molecule has 0 fully saturated rings. The summed E-state index contributed by atoms with van der Waals surface area (Å²) in [5, 5.41) is 3.68. The molecule has 0 saturated heterocycles. The molecule has 27 heavy (non-hydrogen) atoms. The van der Waals surface area contributed by atoms with E-state index in [9.17, 15) is 9.59 Å². The third kappa shape index (κ3) is 4.22. The van der Waals surface area contributed by atoms with Crippen LogP contribution in [0, 0.1) is 0 Å². The summed E-state index contributed by atoms with van der Waals surface area (Å²) in [7, 11) is 0. The third-order valence-electron chi connectivity index (χ3n) is 4.50. The maximum absolute atomic E-state index is 13.0. The lowest BCUT2D eigenvalue weighted by molar-refractivity contribution is -0.115. The molecule has 140 valence electrons. The fourth-order valence-electron chi connectivity index (χ4n) is 2.76. The molecule has 0 aliphatic rings. The van der Waals surface area contributed by atoms with Crippen LogP contribution in [-0.2, 0) is 4.79 Å². The lowest BCUT2D eigenvalue weighted by Gasteiger charge is -2.20. The molecule has 3 aromatic rings. The van der Waals surface area contributed by atoms with E-state index in [1.807, 2.05) is 69.3 Å². The van der Waals surface area contributed by atoms with Gasteiger partial charge in [-0.25, -0.2) is 4.98 Å². The number of para-hydroxylation sites is 2. The highest BCUT2D eigenvalue weighted by atomic mass is 32.2. The zero-order chi connectivity index (χ0) is 19.4. The second kappa shape index (κ2) is 8.39. The zero-order valence-corrected chi connectivity index (χ0v) is 16.5. The number of hydrogen-bond donors (Lipinski definition) is 1. The van der Waals surface area contributed by atoms with Gasteiger partial charge in [0.15, 0.2) is 5.16 Å². The summed E-state index contributed by atoms with van der Waals surface area (Å²) in [4.78, 5) is 30.3. The van der Waals surface area contributed by atoms with Gasteiger partial charge in [0.1, 0.15) is 0 Å². The smallest absolute Gasteiger partial charge is 0.262 e. The number of fused-ring (bicyclic) bond motifs is 1. The van der Waals surface area contributed by atoms with Crippen molar-refractivity contribution in [3.8, 4) is 0 Å². The molecule has 1 heterocycles. The Hall–Kier alpha value is -2.60. The number of hydrogen-bond acceptors (Lipinski definition) is 4. The van der Waals surface area contributed by atoms with E-state index < -0.39 is 5.25 Å². The topological polar surface area (TPSA) is 64.0 Å². The fraction of sp³-hybridized carbons (Fsp3) is 0.286. The van der Waals surface area contributed by atoms with Crippen LogP contribution in [0.4, 0.5) is 5.69 Å². The van der Waals surface area contributed by atoms with E-state index in [1.165, 1.54) is 11.8 Å². The van der Waals surface area contributed by atoms with Crippen LogP contribution in [0.5, 0.6) is 0 Å². The standard InChI is InChI=1S/C21H23N3O2S/c1-4-14(2)24-20(26)17-12-8-9-13-18(17)23-21(24)27-15(3)19(25)22-16-10-6-5-7-11-16/h5-15H,4H2,1-3H3,(H,22,25)/t14-,15-/m0/s1. The van der Waals surface area contributed by atoms with Crippen molar-refractivity contribution in [2.75, 3.05) is 5.32 Å². The van der Waals surface area contributed by atoms with Gasteiger partial charge in [-0.05, 0) is 44.5 Å². The van der Waals surface area contributed by atoms with Crippen LogP contribution in [-0.4, -0.2) is 20.7 Å². The first kappa shape index (κ1) is 19.2. The van der Waals surface area contributed by atoms with Crippen LogP contribution in [0.15, 0.2) is 64.5 Å². The highest BCUT2D eigenvalue weighted by Crippen LogP contribution is 2.26. The minimum Gasteiger partial charge on any atom is -0.325 e. The first-order valence-corrected chi connectivity index (χ1v) is 9.93. The molecule has 2 aromatic carbocycles. The molecular weight excluding hydrogens is 358 g/mol. The van der Waals surface area contributed by atoms with Gasteiger partial charge in [0.25, 0.3) is 5.56 Å². The van der Waals surface area contributed by atoms with E-state index in [4.69, 9.17) is 0 Å². The van der Waals surface area contributed by atoms with Gasteiger partial charge in [-0.2, -0.15) is 0 Å². The van der Waals surface area contributed by atoms with Crippen molar-refractivity contribution in [2.24, 2.45) is 0 Å². The summed E-state index contributed by atoms with van der Waals surface area (Å²) in [5.74, 6) is -0.121. The molecule has 0 radical (unpaired) electrons. The number of carbonyl (C=O) groups is 1. The van der Waals surface area contributed by atoms with E-state index in [0.29, 0.717) is 16.1 Å². The number of rotatable bonds is 6. The molecule has 0 aliphatic heterocycles. The second-order valence-electron chi connectivity index (χ2n) is 6.46. The molecule has 1 N–H and O–H groups in total. The number of thioether (sulfide) groups is 1. The van der Waals surface area contributed by atoms with Gasteiger partial charge >= 0.3 is 0 Å². The Bertz CT molecular complexity index is 1000. The summed E-state index contributed by atoms with van der Waals surface area (Å²) in [6.45, 7) is 5.86. The summed E-state index contributed by atoms with van der Waals surface area (Å²) in [6.07, 6.45) is 0.804. The largest absolute Gasteiger partial charge is 0.325 e. The Kier molecular flexibility index (Phi) is 5.96. The zero-order valence-electron chi connectivity index (χ0n) is 15.7. The van der Waals surface area contributed by atoms with Crippen molar-refractivity contribution < 1.29 is 4.79 Å². The molecule has 1 aromatic heterocycles. The van der Waals surface area contributed by atoms with Gasteiger partial charge in [-0.15, -0.1) is 0 Å². The summed E-state index contributed by atoms with van der Waals surface area (Å²) < 4.78 is 1.71. The highest BCUT2D eigenvalue weighted by molar-refractivity contribution is 8.00. The van der Waals surface area contributed by atoms with Crippen LogP contribution in [0.3, 0.4) is 0 Å². The number of amides is 1. The molecule has 0 saturated carbocycles. The third-order valence-corrected chi connectivity index (χ3v) is 5.57. The second-order valence-corrected chi connectivity index (χ2v) is 7.77. The Labute approximate surface area is 162 Å². The molecule has 5 nitrogen and oxygen atoms in total. The van der Waals surface area contributed by atoms with Crippen LogP contribution >= 0.6 is 11.8 Å². The minimum absolute atomic E-state index is 0.00138. The maximum Gasteiger partial charge on any atom is 0.262 e. The molecule has 0 unspecified atom stereocenters. The first-order valence-electron chi connectivity index (χ1n) is 9.05. The van der Waals surface area contributed by atoms with Gasteiger partial charge in [0.2, 0.25) is 5.91 Å². The van der Waals surface area contributed by atoms with Crippen molar-refractivity contribution >= 4 is 34.3 Å². The van der Waals surface area contributed by atoms with E-state index in [-0.39, 0.29) is 17.5 Å². The number of nitrogens with one attached hydrogen (secondary N) is 1. The quantitative estimate of drug-likeness (QED) is 0.505. The molecule has 0 spiro atoms. The predicted octanol–water partition coefficient (Wildman–Crippen LogP) is 4.49. The van der Waals surface area contributed by atoms with E-state index in [0.717, 1.165) is 12.1 Å². The number of carbonyl (C=O) groups excluding carboxylic acids is 1. The van der Waals surface area contributed by atoms with Gasteiger partial charge in [0, 0.05) is 11.7 Å². The van der Waals surface area contributed by atoms with E-state index >= 15 is 0 Å². The van der Waals surface area contributed by atoms with E-state index in [1.54, 1.807) is 10.6 Å². The molecule has 0 bridgehead atoms. The van der Waals surface area contributed by atoms with Crippen molar-refractivity contribution in [3.63, 3.8) is 0 Å². The molecule has 3 rings (SSSR count). The Morgan fingerprint density at radius 2 is 1.78 bits per heavy atom. The Balaban J connectivity index is 1.93. The Morgan fingerprint density at radius 1 is 1.11 bits per heavy atom. The molecule has 1 amide bonds. The lowest BCUT2D eigenvalue weighted by Crippen LogP contribution is -2.28. The van der Waals surface area contributed by atoms with Crippen LogP contribution < -0.4 is 10.9 Å². The van der Waals surface area contributed by atoms with Crippen molar-refractivity contribution in [2.45, 2.75) is 43.6 Å². The summed E-state index contributed by atoms with van der Waals surface area (Å²) >= 11 is 1.31. The number of nitrogens with zero attached hydrogens (tertiary/aromatic N) is 2. The van der Waals surface area contributed by atoms with Crippen molar-refractivity contribution in [3.05, 3.63) is 65.0 Å². The van der Waals surface area contributed by atoms with Gasteiger partial charge in [-0.1, -0.05) is 49.0 Å². The van der Waals surface area contributed by atoms with Crippen LogP contribution in [0.1, 0.15) is 33.2 Å². The molecule has 0 aliphatic carbocycles. The molecule has 2 atom stereocenters. The SMILES string of the molecule is CC[C@H](C)n1c(S[C@@H](C)C(=O)Nc2ccccc2)nc2ccccc2c1=O. The average Bonchev–Trinajstić information content (AvgIpc) is 2.68. The predicted molar refractivity (Wildman–Crippen MR) is 111 cm³/mol. The van der Waals surface area contributed by atoms with Crippen molar-refractivity contribution in [1.29, 1.82) is 0 Å².